The van der Waals surface area contributed by atoms with Gasteiger partial charge < -0.3 is 21.1 Å². The normalized spacial score (nSPS) is 18.3. The summed E-state index contributed by atoms with van der Waals surface area (Å²) in [4.78, 5) is 38.9. The van der Waals surface area contributed by atoms with Gasteiger partial charge in [0.2, 0.25) is 5.91 Å². The number of carbonyl (C=O) groups is 2. The van der Waals surface area contributed by atoms with Gasteiger partial charge in [0.25, 0.3) is 5.69 Å². The van der Waals surface area contributed by atoms with Crippen LogP contribution < -0.4 is 16.4 Å². The van der Waals surface area contributed by atoms with Crippen molar-refractivity contribution in [3.05, 3.63) is 75.5 Å². The van der Waals surface area contributed by atoms with Gasteiger partial charge in [-0.1, -0.05) is 30.3 Å². The molecule has 0 aliphatic carbocycles. The van der Waals surface area contributed by atoms with Crippen molar-refractivity contribution in [2.24, 2.45) is 5.73 Å². The zero-order valence-corrected chi connectivity index (χ0v) is 18.5. The predicted molar refractivity (Wildman–Crippen MR) is 126 cm³/mol. The smallest absolute Gasteiger partial charge is 0.326 e. The monoisotopic (exact) mass is 465 g/mol. The van der Waals surface area contributed by atoms with E-state index in [0.29, 0.717) is 32.2 Å². The van der Waals surface area contributed by atoms with Crippen LogP contribution in [0.3, 0.4) is 0 Å². The molecule has 0 saturated carbocycles. The number of carboxylic acids is 1. The molecule has 0 spiro atoms. The molecule has 178 valence electrons. The quantitative estimate of drug-likeness (QED) is 0.184. The van der Waals surface area contributed by atoms with E-state index in [9.17, 15) is 24.8 Å². The van der Waals surface area contributed by atoms with Gasteiger partial charge in [0.1, 0.15) is 6.04 Å². The Hall–Kier alpha value is -3.76. The third-order valence-corrected chi connectivity index (χ3v) is 6.23. The number of carbonyl (C=O) groups excluding carboxylic acids is 1. The van der Waals surface area contributed by atoms with Crippen LogP contribution in [-0.2, 0) is 16.0 Å². The molecule has 0 saturated heterocycles. The fourth-order valence-corrected chi connectivity index (χ4v) is 4.48. The number of hydrogen-bond donors (Lipinski definition) is 5. The zero-order valence-electron chi connectivity index (χ0n) is 18.5. The molecule has 4 rings (SSSR count). The Morgan fingerprint density at radius 3 is 2.59 bits per heavy atom. The number of aromatic nitrogens is 1. The minimum atomic E-state index is -1.08. The first kappa shape index (κ1) is 23.4. The Kier molecular flexibility index (Phi) is 6.90. The summed E-state index contributed by atoms with van der Waals surface area (Å²) in [5.41, 5.74) is 9.01. The van der Waals surface area contributed by atoms with Crippen molar-refractivity contribution < 1.29 is 19.6 Å². The van der Waals surface area contributed by atoms with Crippen molar-refractivity contribution >= 4 is 28.5 Å². The molecule has 2 heterocycles. The SMILES string of the molecule is NCCCC[C@H](NC(=O)[C@@H]1Cc2c([nH]c3ccccc23)[C@@H](c2ccc([N+](=O)[O-])cc2)N1)C(=O)O. The van der Waals surface area contributed by atoms with Gasteiger partial charge in [0, 0.05) is 28.7 Å². The summed E-state index contributed by atoms with van der Waals surface area (Å²) in [5.74, 6) is -1.48. The average molecular weight is 466 g/mol. The third kappa shape index (κ3) is 4.78. The number of carboxylic acid groups (broad SMARTS) is 1. The minimum absolute atomic E-state index is 0.0208. The largest absolute Gasteiger partial charge is 0.480 e. The molecule has 1 aliphatic heterocycles. The number of nitrogens with one attached hydrogen (secondary N) is 3. The molecule has 3 atom stereocenters. The maximum absolute atomic E-state index is 13.2. The lowest BCUT2D eigenvalue weighted by atomic mass is 9.89. The highest BCUT2D eigenvalue weighted by Crippen LogP contribution is 2.35. The van der Waals surface area contributed by atoms with Crippen LogP contribution in [0.1, 0.15) is 42.1 Å². The number of rotatable bonds is 9. The van der Waals surface area contributed by atoms with Crippen molar-refractivity contribution in [2.75, 3.05) is 6.54 Å². The number of nitro benzene ring substituents is 1. The minimum Gasteiger partial charge on any atom is -0.480 e. The van der Waals surface area contributed by atoms with Crippen molar-refractivity contribution in [1.29, 1.82) is 0 Å². The number of amides is 1. The number of benzene rings is 2. The molecule has 1 aromatic heterocycles. The number of hydrogen-bond acceptors (Lipinski definition) is 6. The Balaban J connectivity index is 1.64. The van der Waals surface area contributed by atoms with Gasteiger partial charge in [-0.2, -0.15) is 0 Å². The number of non-ortho nitro benzene ring substituents is 1. The second-order valence-electron chi connectivity index (χ2n) is 8.45. The van der Waals surface area contributed by atoms with Gasteiger partial charge >= 0.3 is 5.97 Å². The van der Waals surface area contributed by atoms with E-state index in [1.54, 1.807) is 12.1 Å². The molecule has 10 nitrogen and oxygen atoms in total. The fourth-order valence-electron chi connectivity index (χ4n) is 4.48. The molecular weight excluding hydrogens is 438 g/mol. The zero-order chi connectivity index (χ0) is 24.2. The van der Waals surface area contributed by atoms with E-state index in [4.69, 9.17) is 5.73 Å². The molecule has 0 radical (unpaired) electrons. The van der Waals surface area contributed by atoms with Crippen LogP contribution in [0.5, 0.6) is 0 Å². The molecular formula is C24H27N5O5. The van der Waals surface area contributed by atoms with E-state index in [2.05, 4.69) is 15.6 Å². The molecule has 34 heavy (non-hydrogen) atoms. The standard InChI is InChI=1S/C24H27N5O5/c25-12-4-3-7-19(24(31)32)28-23(30)20-13-17-16-5-1-2-6-18(16)26-22(17)21(27-20)14-8-10-15(11-9-14)29(33)34/h1-2,5-6,8-11,19-21,26-27H,3-4,7,12-13,25H2,(H,28,30)(H,31,32)/t19-,20-,21+/m0/s1. The van der Waals surface area contributed by atoms with Crippen molar-refractivity contribution in [3.63, 3.8) is 0 Å². The van der Waals surface area contributed by atoms with Crippen molar-refractivity contribution in [3.8, 4) is 0 Å². The Morgan fingerprint density at radius 2 is 1.91 bits per heavy atom. The first-order chi connectivity index (χ1) is 16.4. The number of nitrogens with zero attached hydrogens (tertiary/aromatic N) is 1. The molecule has 1 aliphatic rings. The van der Waals surface area contributed by atoms with Crippen LogP contribution in [0.4, 0.5) is 5.69 Å². The van der Waals surface area contributed by atoms with Crippen LogP contribution in [0.2, 0.25) is 0 Å². The number of aromatic amines is 1. The van der Waals surface area contributed by atoms with E-state index in [1.165, 1.54) is 12.1 Å². The number of aliphatic carboxylic acids is 1. The van der Waals surface area contributed by atoms with E-state index >= 15 is 0 Å². The van der Waals surface area contributed by atoms with Gasteiger partial charge in [-0.25, -0.2) is 4.79 Å². The number of para-hydroxylation sites is 1. The summed E-state index contributed by atoms with van der Waals surface area (Å²) in [5, 5.41) is 27.6. The summed E-state index contributed by atoms with van der Waals surface area (Å²) >= 11 is 0. The number of fused-ring (bicyclic) bond motifs is 3. The van der Waals surface area contributed by atoms with E-state index in [0.717, 1.165) is 27.7 Å². The first-order valence-corrected chi connectivity index (χ1v) is 11.2. The summed E-state index contributed by atoms with van der Waals surface area (Å²) in [6, 6.07) is 11.9. The second-order valence-corrected chi connectivity index (χ2v) is 8.45. The lowest BCUT2D eigenvalue weighted by molar-refractivity contribution is -0.384. The van der Waals surface area contributed by atoms with Crippen molar-refractivity contribution in [2.45, 2.75) is 43.8 Å². The van der Waals surface area contributed by atoms with E-state index in [1.807, 2.05) is 24.3 Å². The van der Waals surface area contributed by atoms with Crippen LogP contribution in [0, 0.1) is 10.1 Å². The van der Waals surface area contributed by atoms with Gasteiger partial charge in [-0.15, -0.1) is 0 Å². The molecule has 6 N–H and O–H groups in total. The van der Waals surface area contributed by atoms with Crippen LogP contribution >= 0.6 is 0 Å². The number of unbranched alkanes of at least 4 members (excludes halogenated alkanes) is 1. The average Bonchev–Trinajstić information content (AvgIpc) is 3.21. The highest BCUT2D eigenvalue weighted by Gasteiger charge is 2.35. The maximum atomic E-state index is 13.2. The number of nitrogens with two attached hydrogens (primary N) is 1. The Bertz CT molecular complexity index is 1210. The second kappa shape index (κ2) is 10.0. The van der Waals surface area contributed by atoms with E-state index in [-0.39, 0.29) is 5.69 Å². The Labute approximate surface area is 195 Å². The molecule has 0 fully saturated rings. The highest BCUT2D eigenvalue weighted by atomic mass is 16.6. The summed E-state index contributed by atoms with van der Waals surface area (Å²) in [6.07, 6.45) is 1.96. The molecule has 10 heteroatoms. The fraction of sp³-hybridized carbons (Fsp3) is 0.333. The topological polar surface area (TPSA) is 163 Å². The molecule has 0 unspecified atom stereocenters. The third-order valence-electron chi connectivity index (χ3n) is 6.23. The van der Waals surface area contributed by atoms with Crippen LogP contribution in [-0.4, -0.2) is 45.5 Å². The van der Waals surface area contributed by atoms with E-state index < -0.39 is 34.9 Å². The highest BCUT2D eigenvalue weighted by molar-refractivity contribution is 5.90. The first-order valence-electron chi connectivity index (χ1n) is 11.2. The summed E-state index contributed by atoms with van der Waals surface area (Å²) in [6.45, 7) is 0.463. The van der Waals surface area contributed by atoms with Gasteiger partial charge in [0.05, 0.1) is 17.0 Å². The van der Waals surface area contributed by atoms with Gasteiger partial charge in [-0.3, -0.25) is 20.2 Å². The van der Waals surface area contributed by atoms with Gasteiger partial charge in [0.15, 0.2) is 0 Å². The summed E-state index contributed by atoms with van der Waals surface area (Å²) < 4.78 is 0. The predicted octanol–water partition coefficient (Wildman–Crippen LogP) is 2.38. The Morgan fingerprint density at radius 1 is 1.18 bits per heavy atom. The van der Waals surface area contributed by atoms with Crippen LogP contribution in [0.25, 0.3) is 10.9 Å². The number of nitro groups is 1. The molecule has 1 amide bonds. The van der Waals surface area contributed by atoms with Crippen molar-refractivity contribution in [1.82, 2.24) is 15.6 Å². The lowest BCUT2D eigenvalue weighted by Gasteiger charge is -2.31. The molecule has 3 aromatic rings. The molecule has 2 aromatic carbocycles. The number of H-pyrrole nitrogens is 1. The van der Waals surface area contributed by atoms with Gasteiger partial charge in [-0.05, 0) is 49.4 Å². The van der Waals surface area contributed by atoms with Crippen LogP contribution in [0.15, 0.2) is 48.5 Å². The molecule has 0 bridgehead atoms. The maximum Gasteiger partial charge on any atom is 0.326 e. The lowest BCUT2D eigenvalue weighted by Crippen LogP contribution is -2.53. The summed E-state index contributed by atoms with van der Waals surface area (Å²) in [7, 11) is 0.